The second kappa shape index (κ2) is 13.9. The number of carbonyl (C=O) groups is 1. The number of aliphatic imine (C=N–C) groups is 1. The highest BCUT2D eigenvalue weighted by Crippen LogP contribution is 2.35. The first kappa shape index (κ1) is 29.7. The van der Waals surface area contributed by atoms with E-state index in [-0.39, 0.29) is 11.8 Å². The summed E-state index contributed by atoms with van der Waals surface area (Å²) >= 11 is 0. The molecular formula is C33H47N5O2. The first-order chi connectivity index (χ1) is 19.4. The zero-order chi connectivity index (χ0) is 28.6. The lowest BCUT2D eigenvalue weighted by atomic mass is 9.89. The fourth-order valence-electron chi connectivity index (χ4n) is 6.26. The van der Waals surface area contributed by atoms with Crippen molar-refractivity contribution in [2.45, 2.75) is 77.2 Å². The molecule has 0 aromatic heterocycles. The second-order valence-electron chi connectivity index (χ2n) is 11.3. The van der Waals surface area contributed by atoms with Crippen LogP contribution in [-0.4, -0.2) is 73.3 Å². The number of likely N-dealkylation sites (N-methyl/N-ethyl adjacent to an activating group) is 1. The summed E-state index contributed by atoms with van der Waals surface area (Å²) in [5, 5.41) is 3.41. The maximum Gasteiger partial charge on any atom is 0.232 e. The van der Waals surface area contributed by atoms with Crippen molar-refractivity contribution >= 4 is 17.4 Å². The molecule has 7 heteroatoms. The fourth-order valence-corrected chi connectivity index (χ4v) is 6.26. The molecule has 7 nitrogen and oxygen atoms in total. The fraction of sp³-hybridized carbons (Fsp3) is 0.576. The largest absolute Gasteiger partial charge is 0.495 e. The Morgan fingerprint density at radius 1 is 1.18 bits per heavy atom. The number of amides is 1. The van der Waals surface area contributed by atoms with E-state index in [0.29, 0.717) is 30.7 Å². The van der Waals surface area contributed by atoms with Crippen molar-refractivity contribution in [1.29, 1.82) is 0 Å². The lowest BCUT2D eigenvalue weighted by molar-refractivity contribution is -0.131. The normalized spacial score (nSPS) is 23.3. The van der Waals surface area contributed by atoms with Crippen molar-refractivity contribution in [2.75, 3.05) is 46.2 Å². The number of hydrogen-bond donors (Lipinski definition) is 1. The molecule has 1 saturated carbocycles. The molecule has 2 saturated heterocycles. The van der Waals surface area contributed by atoms with Crippen LogP contribution in [0.25, 0.3) is 0 Å². The van der Waals surface area contributed by atoms with Gasteiger partial charge in [-0.05, 0) is 76.4 Å². The van der Waals surface area contributed by atoms with Gasteiger partial charge in [0.25, 0.3) is 0 Å². The Labute approximate surface area is 241 Å². The summed E-state index contributed by atoms with van der Waals surface area (Å²) in [6.07, 6.45) is 10.3. The van der Waals surface area contributed by atoms with Crippen molar-refractivity contribution in [3.8, 4) is 17.6 Å². The zero-order valence-corrected chi connectivity index (χ0v) is 25.1. The van der Waals surface area contributed by atoms with Gasteiger partial charge >= 0.3 is 0 Å². The predicted octanol–water partition coefficient (Wildman–Crippen LogP) is 5.83. The number of amidine groups is 1. The van der Waals surface area contributed by atoms with Crippen LogP contribution in [0.1, 0.15) is 76.7 Å². The monoisotopic (exact) mass is 545 g/mol. The van der Waals surface area contributed by atoms with E-state index in [2.05, 4.69) is 58.8 Å². The summed E-state index contributed by atoms with van der Waals surface area (Å²) in [5.74, 6) is 8.94. The summed E-state index contributed by atoms with van der Waals surface area (Å²) in [5.41, 5.74) is 2.97. The standard InChI is InChI=1S/C33H47N5O2/c1-7-9-10-13-27-23-38(28-14-11-12-15-28)32(30(8-2)37(5)33(27)39)35-24(3)34-29-17-16-26(22-31(29)40-6)25-18-20-36(4)21-19-25/h8,16-17,22,25,27-28,34H,3,7,11-15,18-21,23H2,1-2,4-6H3/b30-8+,35-32+. The Bertz CT molecular complexity index is 1180. The van der Waals surface area contributed by atoms with Crippen molar-refractivity contribution < 1.29 is 9.53 Å². The molecule has 1 amide bonds. The molecule has 1 aromatic carbocycles. The van der Waals surface area contributed by atoms with Gasteiger partial charge in [-0.2, -0.15) is 0 Å². The van der Waals surface area contributed by atoms with E-state index in [0.717, 1.165) is 68.2 Å². The number of allylic oxidation sites excluding steroid dienone is 1. The van der Waals surface area contributed by atoms with E-state index in [9.17, 15) is 4.79 Å². The molecule has 1 atom stereocenters. The van der Waals surface area contributed by atoms with Crippen LogP contribution in [0.4, 0.5) is 5.69 Å². The molecular weight excluding hydrogens is 498 g/mol. The molecule has 3 fully saturated rings. The van der Waals surface area contributed by atoms with Gasteiger partial charge in [-0.25, -0.2) is 4.99 Å². The number of likely N-dealkylation sites (tertiary alicyclic amines) is 1. The molecule has 4 rings (SSSR count). The predicted molar refractivity (Wildman–Crippen MR) is 164 cm³/mol. The quantitative estimate of drug-likeness (QED) is 0.437. The van der Waals surface area contributed by atoms with Crippen LogP contribution >= 0.6 is 0 Å². The van der Waals surface area contributed by atoms with Crippen LogP contribution in [0.2, 0.25) is 0 Å². The molecule has 3 aliphatic rings. The lowest BCUT2D eigenvalue weighted by Gasteiger charge is -2.32. The number of ether oxygens (including phenoxy) is 1. The summed E-state index contributed by atoms with van der Waals surface area (Å²) in [7, 11) is 5.75. The van der Waals surface area contributed by atoms with Gasteiger partial charge in [-0.15, -0.1) is 11.8 Å². The molecule has 2 aliphatic heterocycles. The first-order valence-electron chi connectivity index (χ1n) is 14.9. The van der Waals surface area contributed by atoms with Gasteiger partial charge in [0.1, 0.15) is 11.6 Å². The van der Waals surface area contributed by atoms with Crippen LogP contribution in [-0.2, 0) is 4.79 Å². The van der Waals surface area contributed by atoms with Gasteiger partial charge in [0, 0.05) is 32.5 Å². The molecule has 40 heavy (non-hydrogen) atoms. The van der Waals surface area contributed by atoms with E-state index >= 15 is 0 Å². The highest BCUT2D eigenvalue weighted by molar-refractivity contribution is 6.04. The van der Waals surface area contributed by atoms with Gasteiger partial charge in [0.15, 0.2) is 5.84 Å². The minimum atomic E-state index is -0.194. The zero-order valence-electron chi connectivity index (χ0n) is 25.1. The van der Waals surface area contributed by atoms with Crippen LogP contribution < -0.4 is 10.1 Å². The van der Waals surface area contributed by atoms with Gasteiger partial charge in [0.2, 0.25) is 5.91 Å². The van der Waals surface area contributed by atoms with Crippen LogP contribution in [0.5, 0.6) is 5.75 Å². The average Bonchev–Trinajstić information content (AvgIpc) is 3.47. The number of piperidine rings is 1. The lowest BCUT2D eigenvalue weighted by Crippen LogP contribution is -2.42. The van der Waals surface area contributed by atoms with Crippen molar-refractivity contribution in [1.82, 2.24) is 14.7 Å². The molecule has 0 bridgehead atoms. The molecule has 1 aromatic rings. The van der Waals surface area contributed by atoms with E-state index in [1.165, 1.54) is 18.4 Å². The van der Waals surface area contributed by atoms with Crippen LogP contribution in [0, 0.1) is 17.8 Å². The summed E-state index contributed by atoms with van der Waals surface area (Å²) < 4.78 is 5.80. The molecule has 1 N–H and O–H groups in total. The van der Waals surface area contributed by atoms with Crippen molar-refractivity contribution in [3.05, 3.63) is 47.9 Å². The number of nitrogens with one attached hydrogen (secondary N) is 1. The number of anilines is 1. The first-order valence-corrected chi connectivity index (χ1v) is 14.9. The number of carbonyl (C=O) groups excluding carboxylic acids is 1. The third-order valence-electron chi connectivity index (χ3n) is 8.58. The molecule has 2 heterocycles. The van der Waals surface area contributed by atoms with E-state index in [1.54, 1.807) is 12.0 Å². The Hall–Kier alpha value is -3.24. The van der Waals surface area contributed by atoms with Crippen molar-refractivity contribution in [3.63, 3.8) is 0 Å². The number of nitrogens with zero attached hydrogens (tertiary/aromatic N) is 4. The SMILES string of the molecule is C=C(/N=C1\C(=C/C)N(C)C(=O)C(CC#CCC)CN1C1CCCC1)Nc1ccc(C2CCN(C)CC2)cc1OC. The molecule has 0 spiro atoms. The Balaban J connectivity index is 1.61. The second-order valence-corrected chi connectivity index (χ2v) is 11.3. The smallest absolute Gasteiger partial charge is 0.232 e. The Morgan fingerprint density at radius 3 is 2.55 bits per heavy atom. The minimum absolute atomic E-state index is 0.0939. The molecule has 1 aliphatic carbocycles. The van der Waals surface area contributed by atoms with E-state index in [1.807, 2.05) is 27.0 Å². The summed E-state index contributed by atoms with van der Waals surface area (Å²) in [6.45, 7) is 11.2. The van der Waals surface area contributed by atoms with Gasteiger partial charge < -0.3 is 24.8 Å². The van der Waals surface area contributed by atoms with E-state index < -0.39 is 0 Å². The number of methoxy groups -OCH3 is 1. The number of benzene rings is 1. The summed E-state index contributed by atoms with van der Waals surface area (Å²) in [6, 6.07) is 6.78. The molecule has 216 valence electrons. The highest BCUT2D eigenvalue weighted by atomic mass is 16.5. The highest BCUT2D eigenvalue weighted by Gasteiger charge is 2.38. The van der Waals surface area contributed by atoms with Gasteiger partial charge in [0.05, 0.1) is 24.4 Å². The summed E-state index contributed by atoms with van der Waals surface area (Å²) in [4.78, 5) is 25.1. The van der Waals surface area contributed by atoms with Crippen LogP contribution in [0.15, 0.2) is 47.4 Å². The Morgan fingerprint density at radius 2 is 1.90 bits per heavy atom. The third-order valence-corrected chi connectivity index (χ3v) is 8.58. The molecule has 1 unspecified atom stereocenters. The van der Waals surface area contributed by atoms with E-state index in [4.69, 9.17) is 9.73 Å². The third kappa shape index (κ3) is 6.90. The van der Waals surface area contributed by atoms with Gasteiger partial charge in [-0.3, -0.25) is 4.79 Å². The van der Waals surface area contributed by atoms with Crippen LogP contribution in [0.3, 0.4) is 0 Å². The molecule has 0 radical (unpaired) electrons. The number of hydrogen-bond acceptors (Lipinski definition) is 5. The van der Waals surface area contributed by atoms with Gasteiger partial charge in [-0.1, -0.05) is 38.5 Å². The Kier molecular flexibility index (Phi) is 10.3. The maximum atomic E-state index is 13.5. The van der Waals surface area contributed by atoms with Crippen molar-refractivity contribution in [2.24, 2.45) is 10.9 Å². The minimum Gasteiger partial charge on any atom is -0.495 e. The topological polar surface area (TPSA) is 60.4 Å². The maximum absolute atomic E-state index is 13.5. The average molecular weight is 546 g/mol. The number of rotatable bonds is 7.